The first-order valence-electron chi connectivity index (χ1n) is 27.6. The maximum atomic E-state index is 12.4. The molecule has 0 aliphatic carbocycles. The number of amides is 2. The summed E-state index contributed by atoms with van der Waals surface area (Å²) >= 11 is 0. The zero-order valence-corrected chi connectivity index (χ0v) is 47.5. The number of carbonyl (C=O) groups is 4. The lowest BCUT2D eigenvalue weighted by molar-refractivity contribution is -0.140. The molecule has 2 amide bonds. The summed E-state index contributed by atoms with van der Waals surface area (Å²) in [6.07, 6.45) is 6.07. The molecular formula is C67H84N2O8. The number of benzene rings is 6. The van der Waals surface area contributed by atoms with Crippen molar-refractivity contribution in [2.75, 3.05) is 20.2 Å². The molecule has 0 saturated heterocycles. The van der Waals surface area contributed by atoms with Crippen molar-refractivity contribution in [1.82, 2.24) is 10.6 Å². The van der Waals surface area contributed by atoms with E-state index in [0.29, 0.717) is 40.5 Å². The fourth-order valence-corrected chi connectivity index (χ4v) is 9.09. The Bertz CT molecular complexity index is 2800. The van der Waals surface area contributed by atoms with Crippen molar-refractivity contribution in [2.45, 2.75) is 145 Å². The Morgan fingerprint density at radius 2 is 0.831 bits per heavy atom. The molecular weight excluding hydrogens is 961 g/mol. The molecule has 10 heteroatoms. The average molecular weight is 1050 g/mol. The van der Waals surface area contributed by atoms with Gasteiger partial charge in [0.05, 0.1) is 20.0 Å². The van der Waals surface area contributed by atoms with E-state index in [-0.39, 0.29) is 55.9 Å². The highest BCUT2D eigenvalue weighted by molar-refractivity contribution is 5.95. The lowest BCUT2D eigenvalue weighted by Crippen LogP contribution is -2.26. The van der Waals surface area contributed by atoms with Gasteiger partial charge in [-0.25, -0.2) is 0 Å². The molecule has 2 atom stereocenters. The number of carboxylic acid groups (broad SMARTS) is 1. The Morgan fingerprint density at radius 1 is 0.468 bits per heavy atom. The van der Waals surface area contributed by atoms with Gasteiger partial charge in [0.1, 0.15) is 23.7 Å². The number of rotatable bonds is 26. The van der Waals surface area contributed by atoms with E-state index in [1.165, 1.54) is 51.6 Å². The van der Waals surface area contributed by atoms with Crippen molar-refractivity contribution < 1.29 is 38.5 Å². The molecule has 6 aromatic rings. The monoisotopic (exact) mass is 1040 g/mol. The Hall–Kier alpha value is -7.20. The molecule has 0 heterocycles. The molecule has 2 unspecified atom stereocenters. The minimum Gasteiger partial charge on any atom is -0.486 e. The molecule has 410 valence electrons. The largest absolute Gasteiger partial charge is 0.486 e. The van der Waals surface area contributed by atoms with Crippen molar-refractivity contribution in [2.24, 2.45) is 11.8 Å². The smallest absolute Gasteiger partial charge is 0.307 e. The van der Waals surface area contributed by atoms with E-state index in [1.807, 2.05) is 12.1 Å². The van der Waals surface area contributed by atoms with Gasteiger partial charge in [-0.15, -0.1) is 0 Å². The van der Waals surface area contributed by atoms with E-state index in [1.54, 1.807) is 36.4 Å². The quantitative estimate of drug-likeness (QED) is 0.0456. The first kappa shape index (κ1) is 60.7. The van der Waals surface area contributed by atoms with Gasteiger partial charge in [-0.2, -0.15) is 0 Å². The predicted molar refractivity (Wildman–Crippen MR) is 312 cm³/mol. The molecule has 0 aliphatic heterocycles. The number of aliphatic carboxylic acids is 1. The number of methoxy groups -OCH3 is 1. The van der Waals surface area contributed by atoms with Crippen LogP contribution < -0.4 is 20.1 Å². The molecule has 6 aromatic carbocycles. The highest BCUT2D eigenvalue weighted by Crippen LogP contribution is 2.35. The van der Waals surface area contributed by atoms with Crippen molar-refractivity contribution in [3.05, 3.63) is 178 Å². The summed E-state index contributed by atoms with van der Waals surface area (Å²) in [5.74, 6) is 1.91. The van der Waals surface area contributed by atoms with Crippen LogP contribution in [-0.2, 0) is 14.3 Å². The zero-order valence-electron chi connectivity index (χ0n) is 47.5. The molecule has 3 N–H and O–H groups in total. The second-order valence-electron chi connectivity index (χ2n) is 21.6. The number of ether oxygens (including phenoxy) is 3. The third kappa shape index (κ3) is 19.7. The maximum absolute atomic E-state index is 12.4. The summed E-state index contributed by atoms with van der Waals surface area (Å²) in [5.41, 5.74) is 13.3. The van der Waals surface area contributed by atoms with Crippen LogP contribution in [0.25, 0.3) is 22.3 Å². The van der Waals surface area contributed by atoms with E-state index in [2.05, 4.69) is 170 Å². The number of carboxylic acids is 1. The number of nitrogens with one attached hydrogen (secondary N) is 2. The summed E-state index contributed by atoms with van der Waals surface area (Å²) in [5, 5.41) is 14.1. The van der Waals surface area contributed by atoms with E-state index < -0.39 is 5.97 Å². The normalized spacial score (nSPS) is 11.9. The van der Waals surface area contributed by atoms with E-state index in [9.17, 15) is 19.2 Å². The number of hydrogen-bond donors (Lipinski definition) is 3. The van der Waals surface area contributed by atoms with Crippen molar-refractivity contribution in [1.29, 1.82) is 0 Å². The second-order valence-corrected chi connectivity index (χ2v) is 21.6. The number of hydrogen-bond acceptors (Lipinski definition) is 7. The van der Waals surface area contributed by atoms with Crippen molar-refractivity contribution in [3.63, 3.8) is 0 Å². The summed E-state index contributed by atoms with van der Waals surface area (Å²) in [6, 6.07) is 45.1. The van der Waals surface area contributed by atoms with Gasteiger partial charge in [0.15, 0.2) is 0 Å². The van der Waals surface area contributed by atoms with Gasteiger partial charge in [0.25, 0.3) is 11.8 Å². The van der Waals surface area contributed by atoms with Crippen LogP contribution in [0.1, 0.15) is 185 Å². The number of carbonyl (C=O) groups excluding carboxylic acids is 3. The number of esters is 1. The van der Waals surface area contributed by atoms with Crippen LogP contribution in [0.2, 0.25) is 0 Å². The fraction of sp³-hybridized carbons (Fsp3) is 0.403. The van der Waals surface area contributed by atoms with Gasteiger partial charge in [0, 0.05) is 24.2 Å². The number of aryl methyl sites for hydroxylation is 2. The minimum absolute atomic E-state index is 0.0838. The van der Waals surface area contributed by atoms with Crippen LogP contribution in [0.3, 0.4) is 0 Å². The molecule has 0 fully saturated rings. The second kappa shape index (κ2) is 30.5. The van der Waals surface area contributed by atoms with Crippen LogP contribution >= 0.6 is 0 Å². The first-order chi connectivity index (χ1) is 36.8. The van der Waals surface area contributed by atoms with E-state index in [0.717, 1.165) is 55.4 Å². The lowest BCUT2D eigenvalue weighted by atomic mass is 9.93. The van der Waals surface area contributed by atoms with Gasteiger partial charge in [-0.05, 0) is 167 Å². The molecule has 77 heavy (non-hydrogen) atoms. The Balaban J connectivity index is 0.000000284. The topological polar surface area (TPSA) is 140 Å². The third-order valence-corrected chi connectivity index (χ3v) is 13.8. The SMILES string of the molecule is COC(=O)CCNC(=O)c1ccc(OC(CCCC(C)C)c2ccc(-c3ccc(C(C)C)cc3)c(C)c2)cc1.Cc1cc(C(CCCC(C)C)Oc2ccc(C(=O)NCCC(=O)O)cc2)ccc1-c1ccc(C(C)C)cc1. The summed E-state index contributed by atoms with van der Waals surface area (Å²) in [7, 11) is 1.33. The standard InChI is InChI=1S/C34H43NO4.C33H41NO4/c1-23(2)8-7-9-32(39-30-17-14-28(15-18-30)34(37)35-21-20-33(36)38-6)29-16-19-31(25(5)22-29)27-12-10-26(11-13-27)24(3)4;1-22(2)7-6-8-31(38-29-16-13-27(14-17-29)33(37)34-20-19-32(35)36)28-15-18-30(24(5)21-28)26-11-9-25(10-12-26)23(3)4/h10-19,22-24,32H,7-9,20-21H2,1-6H3,(H,35,37);9-18,21-23,31H,6-8,19-20H2,1-5H3,(H,34,37)(H,35,36). The Labute approximate surface area is 459 Å². The highest BCUT2D eigenvalue weighted by Gasteiger charge is 2.19. The van der Waals surface area contributed by atoms with E-state index in [4.69, 9.17) is 14.6 Å². The Morgan fingerprint density at radius 3 is 1.16 bits per heavy atom. The van der Waals surface area contributed by atoms with E-state index >= 15 is 0 Å². The van der Waals surface area contributed by atoms with Crippen LogP contribution in [0.5, 0.6) is 11.5 Å². The summed E-state index contributed by atoms with van der Waals surface area (Å²) in [4.78, 5) is 46.6. The predicted octanol–water partition coefficient (Wildman–Crippen LogP) is 16.0. The van der Waals surface area contributed by atoms with Crippen LogP contribution in [-0.4, -0.2) is 49.1 Å². The van der Waals surface area contributed by atoms with Gasteiger partial charge in [0.2, 0.25) is 0 Å². The van der Waals surface area contributed by atoms with Crippen molar-refractivity contribution >= 4 is 23.8 Å². The lowest BCUT2D eigenvalue weighted by Gasteiger charge is -2.22. The minimum atomic E-state index is -0.940. The molecule has 0 aromatic heterocycles. The van der Waals surface area contributed by atoms with Gasteiger partial charge in [-0.1, -0.05) is 153 Å². The Kier molecular flexibility index (Phi) is 24.0. The zero-order chi connectivity index (χ0) is 56.0. The van der Waals surface area contributed by atoms with Crippen LogP contribution in [0.4, 0.5) is 0 Å². The van der Waals surface area contributed by atoms with Gasteiger partial charge in [-0.3, -0.25) is 19.2 Å². The molecule has 10 nitrogen and oxygen atoms in total. The first-order valence-corrected chi connectivity index (χ1v) is 27.6. The van der Waals surface area contributed by atoms with Crippen LogP contribution in [0.15, 0.2) is 133 Å². The van der Waals surface area contributed by atoms with Crippen molar-refractivity contribution in [3.8, 4) is 33.8 Å². The molecule has 0 bridgehead atoms. The molecule has 0 saturated carbocycles. The summed E-state index contributed by atoms with van der Waals surface area (Å²) in [6.45, 7) is 22.4. The summed E-state index contributed by atoms with van der Waals surface area (Å²) < 4.78 is 17.6. The van der Waals surface area contributed by atoms with Gasteiger partial charge < -0.3 is 30.0 Å². The molecule has 0 aliphatic rings. The third-order valence-electron chi connectivity index (χ3n) is 13.8. The molecule has 0 spiro atoms. The average Bonchev–Trinajstić information content (AvgIpc) is 3.41. The van der Waals surface area contributed by atoms with Crippen LogP contribution in [0, 0.1) is 25.7 Å². The highest BCUT2D eigenvalue weighted by atomic mass is 16.5. The molecule has 6 rings (SSSR count). The fourth-order valence-electron chi connectivity index (χ4n) is 9.09. The maximum Gasteiger partial charge on any atom is 0.307 e. The molecule has 0 radical (unpaired) electrons. The van der Waals surface area contributed by atoms with Gasteiger partial charge >= 0.3 is 11.9 Å².